The number of hydrogen-bond acceptors (Lipinski definition) is 4. The van der Waals surface area contributed by atoms with Crippen molar-refractivity contribution in [3.63, 3.8) is 0 Å². The van der Waals surface area contributed by atoms with E-state index >= 15 is 0 Å². The Balaban J connectivity index is 1.74. The van der Waals surface area contributed by atoms with Crippen LogP contribution in [-0.2, 0) is 4.79 Å². The molecule has 0 radical (unpaired) electrons. The predicted octanol–water partition coefficient (Wildman–Crippen LogP) is 3.84. The maximum absolute atomic E-state index is 12.7. The fourth-order valence-corrected chi connectivity index (χ4v) is 3.31. The minimum absolute atomic E-state index is 0.0462. The van der Waals surface area contributed by atoms with Gasteiger partial charge in [-0.2, -0.15) is 0 Å². The van der Waals surface area contributed by atoms with Crippen molar-refractivity contribution in [2.24, 2.45) is 0 Å². The van der Waals surface area contributed by atoms with Gasteiger partial charge in [-0.15, -0.1) is 0 Å². The van der Waals surface area contributed by atoms with Crippen molar-refractivity contribution < 1.29 is 14.4 Å². The van der Waals surface area contributed by atoms with Gasteiger partial charge in [-0.3, -0.25) is 19.7 Å². The van der Waals surface area contributed by atoms with Crippen LogP contribution in [0.5, 0.6) is 0 Å². The minimum atomic E-state index is -0.392. The molecular weight excluding hydrogens is 348 g/mol. The number of carbonyl (C=O) groups excluding carboxylic acids is 3. The highest BCUT2D eigenvalue weighted by molar-refractivity contribution is 8.18. The van der Waals surface area contributed by atoms with Crippen LogP contribution in [0.25, 0.3) is 6.08 Å². The van der Waals surface area contributed by atoms with Gasteiger partial charge in [0.25, 0.3) is 17.1 Å². The van der Waals surface area contributed by atoms with Gasteiger partial charge in [0, 0.05) is 12.6 Å². The summed E-state index contributed by atoms with van der Waals surface area (Å²) in [6.07, 6.45) is 1.63. The molecule has 1 atom stereocenters. The van der Waals surface area contributed by atoms with Crippen molar-refractivity contribution in [1.29, 1.82) is 0 Å². The van der Waals surface area contributed by atoms with Crippen molar-refractivity contribution in [1.82, 2.24) is 10.2 Å². The maximum Gasteiger partial charge on any atom is 0.290 e. The molecule has 0 aromatic heterocycles. The Kier molecular flexibility index (Phi) is 5.23. The highest BCUT2D eigenvalue weighted by Crippen LogP contribution is 2.26. The molecule has 2 aromatic carbocycles. The number of amides is 3. The third-order valence-electron chi connectivity index (χ3n) is 4.28. The smallest absolute Gasteiger partial charge is 0.290 e. The number of imide groups is 1. The fourth-order valence-electron chi connectivity index (χ4n) is 2.63. The van der Waals surface area contributed by atoms with E-state index in [0.29, 0.717) is 10.5 Å². The SMILES string of the molecule is CC(c1ccccc1)N(C)C(=O)c1ccc(/C=C2/SC(=O)NC2=O)cc1. The average Bonchev–Trinajstić information content (AvgIpc) is 2.98. The molecule has 132 valence electrons. The summed E-state index contributed by atoms with van der Waals surface area (Å²) >= 11 is 0.872. The van der Waals surface area contributed by atoms with Crippen molar-refractivity contribution in [2.75, 3.05) is 7.05 Å². The molecule has 3 amide bonds. The molecule has 1 saturated heterocycles. The molecule has 1 fully saturated rings. The molecule has 0 bridgehead atoms. The zero-order valence-corrected chi connectivity index (χ0v) is 15.2. The fraction of sp³-hybridized carbons (Fsp3) is 0.150. The van der Waals surface area contributed by atoms with Crippen LogP contribution in [0.4, 0.5) is 4.79 Å². The van der Waals surface area contributed by atoms with Crippen LogP contribution in [0.3, 0.4) is 0 Å². The summed E-state index contributed by atoms with van der Waals surface area (Å²) in [6.45, 7) is 1.99. The van der Waals surface area contributed by atoms with E-state index in [1.165, 1.54) is 0 Å². The van der Waals surface area contributed by atoms with Crippen LogP contribution in [0.1, 0.15) is 34.5 Å². The lowest BCUT2D eigenvalue weighted by molar-refractivity contribution is -0.115. The quantitative estimate of drug-likeness (QED) is 0.835. The van der Waals surface area contributed by atoms with Crippen molar-refractivity contribution in [3.05, 3.63) is 76.2 Å². The van der Waals surface area contributed by atoms with E-state index in [1.54, 1.807) is 42.3 Å². The monoisotopic (exact) mass is 366 g/mol. The summed E-state index contributed by atoms with van der Waals surface area (Å²) in [5.41, 5.74) is 2.39. The molecule has 2 aromatic rings. The molecule has 5 nitrogen and oxygen atoms in total. The Hall–Kier alpha value is -2.86. The summed E-state index contributed by atoms with van der Waals surface area (Å²) in [7, 11) is 1.78. The Morgan fingerprint density at radius 3 is 2.31 bits per heavy atom. The van der Waals surface area contributed by atoms with E-state index in [9.17, 15) is 14.4 Å². The first-order valence-corrected chi connectivity index (χ1v) is 8.94. The van der Waals surface area contributed by atoms with Crippen molar-refractivity contribution >= 4 is 34.9 Å². The number of nitrogens with one attached hydrogen (secondary N) is 1. The second kappa shape index (κ2) is 7.58. The Morgan fingerprint density at radius 1 is 1.08 bits per heavy atom. The molecule has 1 heterocycles. The van der Waals surface area contributed by atoms with E-state index in [1.807, 2.05) is 37.3 Å². The van der Waals surface area contributed by atoms with E-state index in [0.717, 1.165) is 22.9 Å². The molecule has 1 aliphatic heterocycles. The van der Waals surface area contributed by atoms with E-state index in [2.05, 4.69) is 5.32 Å². The first kappa shape index (κ1) is 17.9. The number of benzene rings is 2. The summed E-state index contributed by atoms with van der Waals surface area (Å²) in [5.74, 6) is -0.472. The number of thioether (sulfide) groups is 1. The standard InChI is InChI=1S/C20H18N2O3S/c1-13(15-6-4-3-5-7-15)22(2)19(24)16-10-8-14(9-11-16)12-17-18(23)21-20(25)26-17/h3-13H,1-2H3,(H,21,23,25)/b17-12+. The molecule has 0 spiro atoms. The highest BCUT2D eigenvalue weighted by Gasteiger charge is 2.25. The van der Waals surface area contributed by atoms with Crippen LogP contribution in [0.2, 0.25) is 0 Å². The Labute approximate surface area is 156 Å². The molecule has 1 aliphatic rings. The van der Waals surface area contributed by atoms with Gasteiger partial charge in [-0.1, -0.05) is 42.5 Å². The number of carbonyl (C=O) groups is 3. The van der Waals surface area contributed by atoms with Gasteiger partial charge in [0.1, 0.15) is 0 Å². The van der Waals surface area contributed by atoms with Crippen LogP contribution in [0, 0.1) is 0 Å². The Bertz CT molecular complexity index is 876. The molecule has 3 rings (SSSR count). The maximum atomic E-state index is 12.7. The van der Waals surface area contributed by atoms with Crippen LogP contribution in [-0.4, -0.2) is 29.0 Å². The summed E-state index contributed by atoms with van der Waals surface area (Å²) in [6, 6.07) is 16.8. The third-order valence-corrected chi connectivity index (χ3v) is 5.09. The molecule has 26 heavy (non-hydrogen) atoms. The summed E-state index contributed by atoms with van der Waals surface area (Å²) < 4.78 is 0. The number of rotatable bonds is 4. The van der Waals surface area contributed by atoms with Gasteiger partial charge in [0.2, 0.25) is 0 Å². The Morgan fingerprint density at radius 2 is 1.73 bits per heavy atom. The topological polar surface area (TPSA) is 66.5 Å². The number of nitrogens with zero attached hydrogens (tertiary/aromatic N) is 1. The lowest BCUT2D eigenvalue weighted by Crippen LogP contribution is -2.29. The van der Waals surface area contributed by atoms with Gasteiger partial charge in [0.15, 0.2) is 0 Å². The number of hydrogen-bond donors (Lipinski definition) is 1. The third kappa shape index (κ3) is 3.86. The summed E-state index contributed by atoms with van der Waals surface area (Å²) in [5, 5.41) is 1.84. The lowest BCUT2D eigenvalue weighted by atomic mass is 10.1. The van der Waals surface area contributed by atoms with Gasteiger partial charge in [0.05, 0.1) is 10.9 Å². The molecule has 1 N–H and O–H groups in total. The lowest BCUT2D eigenvalue weighted by Gasteiger charge is -2.25. The van der Waals surface area contributed by atoms with E-state index in [4.69, 9.17) is 0 Å². The zero-order chi connectivity index (χ0) is 18.7. The highest BCUT2D eigenvalue weighted by atomic mass is 32.2. The van der Waals surface area contributed by atoms with Gasteiger partial charge in [-0.05, 0) is 48.0 Å². The first-order valence-electron chi connectivity index (χ1n) is 8.13. The van der Waals surface area contributed by atoms with Crippen LogP contribution >= 0.6 is 11.8 Å². The molecular formula is C20H18N2O3S. The van der Waals surface area contributed by atoms with E-state index < -0.39 is 5.91 Å². The van der Waals surface area contributed by atoms with Gasteiger partial charge in [-0.25, -0.2) is 0 Å². The van der Waals surface area contributed by atoms with Crippen molar-refractivity contribution in [2.45, 2.75) is 13.0 Å². The van der Waals surface area contributed by atoms with Crippen LogP contribution < -0.4 is 5.32 Å². The van der Waals surface area contributed by atoms with Crippen molar-refractivity contribution in [3.8, 4) is 0 Å². The normalized spacial score (nSPS) is 16.5. The molecule has 1 unspecified atom stereocenters. The largest absolute Gasteiger partial charge is 0.335 e. The average molecular weight is 366 g/mol. The predicted molar refractivity (Wildman–Crippen MR) is 102 cm³/mol. The van der Waals surface area contributed by atoms with Gasteiger partial charge >= 0.3 is 0 Å². The van der Waals surface area contributed by atoms with E-state index in [-0.39, 0.29) is 17.2 Å². The molecule has 6 heteroatoms. The second-order valence-corrected chi connectivity index (χ2v) is 6.99. The summed E-state index contributed by atoms with van der Waals surface area (Å²) in [4.78, 5) is 37.5. The zero-order valence-electron chi connectivity index (χ0n) is 14.4. The first-order chi connectivity index (χ1) is 12.5. The molecule has 0 aliphatic carbocycles. The second-order valence-electron chi connectivity index (χ2n) is 5.98. The minimum Gasteiger partial charge on any atom is -0.335 e. The van der Waals surface area contributed by atoms with Crippen LogP contribution in [0.15, 0.2) is 59.5 Å². The van der Waals surface area contributed by atoms with Gasteiger partial charge < -0.3 is 4.90 Å². The molecule has 0 saturated carbocycles.